The minimum absolute atomic E-state index is 0.0677. The van der Waals surface area contributed by atoms with Crippen molar-refractivity contribution in [2.24, 2.45) is 5.92 Å². The lowest BCUT2D eigenvalue weighted by atomic mass is 10.1. The van der Waals surface area contributed by atoms with Crippen molar-refractivity contribution in [2.45, 2.75) is 25.5 Å². The predicted octanol–water partition coefficient (Wildman–Crippen LogP) is 3.89. The van der Waals surface area contributed by atoms with E-state index >= 15 is 0 Å². The number of hydrogen-bond donors (Lipinski definition) is 2. The van der Waals surface area contributed by atoms with E-state index in [4.69, 9.17) is 4.74 Å². The first-order chi connectivity index (χ1) is 16.9. The van der Waals surface area contributed by atoms with Crippen LogP contribution in [0.25, 0.3) is 21.8 Å². The van der Waals surface area contributed by atoms with Gasteiger partial charge in [0.15, 0.2) is 10.9 Å². The Labute approximate surface area is 207 Å². The summed E-state index contributed by atoms with van der Waals surface area (Å²) < 4.78 is 6.70. The molecule has 2 aromatic heterocycles. The molecular weight excluding hydrogens is 464 g/mol. The lowest BCUT2D eigenvalue weighted by Gasteiger charge is -2.13. The summed E-state index contributed by atoms with van der Waals surface area (Å²) in [6.07, 6.45) is 1.71. The van der Waals surface area contributed by atoms with Gasteiger partial charge in [-0.2, -0.15) is 0 Å². The summed E-state index contributed by atoms with van der Waals surface area (Å²) in [6, 6.07) is 12.5. The van der Waals surface area contributed by atoms with Crippen molar-refractivity contribution in [3.05, 3.63) is 70.1 Å². The van der Waals surface area contributed by atoms with Crippen LogP contribution in [0.1, 0.15) is 34.6 Å². The summed E-state index contributed by atoms with van der Waals surface area (Å²) >= 11 is 1.20. The number of rotatable bonds is 10. The maximum Gasteiger partial charge on any atom is 0.262 e. The summed E-state index contributed by atoms with van der Waals surface area (Å²) in [7, 11) is 1.56. The van der Waals surface area contributed by atoms with Crippen LogP contribution in [0.2, 0.25) is 0 Å². The van der Waals surface area contributed by atoms with Crippen LogP contribution in [0.15, 0.2) is 58.6 Å². The molecule has 2 aromatic carbocycles. The maximum atomic E-state index is 13.3. The standard InChI is InChI=1S/C26H28N4O4S/c1-16(2)13-28-24(32)17-8-9-19-22(12-17)29-26(30(25(19)33)10-11-34-3)35-15-23(31)20-14-27-21-7-5-4-6-18(20)21/h4-9,12,14,16,27H,10-11,13,15H2,1-3H3,(H,28,32). The highest BCUT2D eigenvalue weighted by molar-refractivity contribution is 7.99. The molecule has 0 saturated heterocycles. The third-order valence-electron chi connectivity index (χ3n) is 5.59. The Morgan fingerprint density at radius 3 is 2.74 bits per heavy atom. The average Bonchev–Trinajstić information content (AvgIpc) is 3.29. The van der Waals surface area contributed by atoms with Gasteiger partial charge in [-0.15, -0.1) is 0 Å². The molecule has 0 aliphatic rings. The number of ether oxygens (including phenoxy) is 1. The van der Waals surface area contributed by atoms with Gasteiger partial charge in [0.1, 0.15) is 0 Å². The number of H-pyrrole nitrogens is 1. The highest BCUT2D eigenvalue weighted by Gasteiger charge is 2.17. The number of ketones is 1. The third-order valence-corrected chi connectivity index (χ3v) is 6.57. The van der Waals surface area contributed by atoms with Crippen molar-refractivity contribution in [3.8, 4) is 0 Å². The van der Waals surface area contributed by atoms with Gasteiger partial charge in [-0.25, -0.2) is 4.98 Å². The second kappa shape index (κ2) is 10.9. The number of methoxy groups -OCH3 is 1. The lowest BCUT2D eigenvalue weighted by molar-refractivity contribution is 0.0948. The zero-order valence-corrected chi connectivity index (χ0v) is 20.8. The number of thioether (sulfide) groups is 1. The lowest BCUT2D eigenvalue weighted by Crippen LogP contribution is -2.28. The number of carbonyl (C=O) groups excluding carboxylic acids is 2. The molecule has 0 atom stereocenters. The number of fused-ring (bicyclic) bond motifs is 2. The third kappa shape index (κ3) is 5.47. The van der Waals surface area contributed by atoms with E-state index in [1.165, 1.54) is 16.3 Å². The molecule has 9 heteroatoms. The molecule has 182 valence electrons. The Morgan fingerprint density at radius 2 is 1.97 bits per heavy atom. The SMILES string of the molecule is COCCn1c(SCC(=O)c2c[nH]c3ccccc23)nc2cc(C(=O)NCC(C)C)ccc2c1=O. The van der Waals surface area contributed by atoms with Crippen molar-refractivity contribution in [3.63, 3.8) is 0 Å². The zero-order chi connectivity index (χ0) is 24.9. The van der Waals surface area contributed by atoms with Gasteiger partial charge in [0.2, 0.25) is 0 Å². The number of carbonyl (C=O) groups is 2. The summed E-state index contributed by atoms with van der Waals surface area (Å²) in [5.41, 5.74) is 2.12. The molecule has 4 rings (SSSR count). The molecule has 0 spiro atoms. The van der Waals surface area contributed by atoms with E-state index in [2.05, 4.69) is 15.3 Å². The van der Waals surface area contributed by atoms with Crippen molar-refractivity contribution >= 4 is 45.3 Å². The summed E-state index contributed by atoms with van der Waals surface area (Å²) in [4.78, 5) is 46.6. The molecule has 0 bridgehead atoms. The van der Waals surface area contributed by atoms with Crippen LogP contribution in [0.4, 0.5) is 0 Å². The minimum atomic E-state index is -0.233. The Morgan fingerprint density at radius 1 is 1.17 bits per heavy atom. The molecule has 0 aliphatic heterocycles. The fourth-order valence-electron chi connectivity index (χ4n) is 3.74. The normalized spacial score (nSPS) is 11.4. The number of aromatic amines is 1. The van der Waals surface area contributed by atoms with Crippen molar-refractivity contribution < 1.29 is 14.3 Å². The minimum Gasteiger partial charge on any atom is -0.383 e. The van der Waals surface area contributed by atoms with E-state index in [-0.39, 0.29) is 23.0 Å². The van der Waals surface area contributed by atoms with E-state index in [9.17, 15) is 14.4 Å². The van der Waals surface area contributed by atoms with Gasteiger partial charge >= 0.3 is 0 Å². The molecule has 35 heavy (non-hydrogen) atoms. The predicted molar refractivity (Wildman–Crippen MR) is 138 cm³/mol. The Bertz CT molecular complexity index is 1440. The monoisotopic (exact) mass is 492 g/mol. The summed E-state index contributed by atoms with van der Waals surface area (Å²) in [6.45, 7) is 5.22. The highest BCUT2D eigenvalue weighted by Crippen LogP contribution is 2.23. The van der Waals surface area contributed by atoms with E-state index in [1.807, 2.05) is 38.1 Å². The van der Waals surface area contributed by atoms with Crippen LogP contribution in [0.3, 0.4) is 0 Å². The molecule has 2 heterocycles. The first kappa shape index (κ1) is 24.7. The van der Waals surface area contributed by atoms with Crippen LogP contribution >= 0.6 is 11.8 Å². The Balaban J connectivity index is 1.65. The number of hydrogen-bond acceptors (Lipinski definition) is 6. The highest BCUT2D eigenvalue weighted by atomic mass is 32.2. The number of benzene rings is 2. The van der Waals surface area contributed by atoms with Gasteiger partial charge in [0, 0.05) is 41.9 Å². The van der Waals surface area contributed by atoms with E-state index in [0.717, 1.165) is 10.9 Å². The maximum absolute atomic E-state index is 13.3. The second-order valence-corrected chi connectivity index (χ2v) is 9.58. The number of Topliss-reactive ketones (excluding diaryl/α,β-unsaturated/α-hetero) is 1. The molecule has 8 nitrogen and oxygen atoms in total. The molecule has 1 amide bonds. The number of nitrogens with one attached hydrogen (secondary N) is 2. The van der Waals surface area contributed by atoms with Crippen LogP contribution < -0.4 is 10.9 Å². The number of para-hydroxylation sites is 1. The van der Waals surface area contributed by atoms with E-state index in [0.29, 0.717) is 52.8 Å². The second-order valence-electron chi connectivity index (χ2n) is 8.64. The van der Waals surface area contributed by atoms with Crippen LogP contribution in [-0.4, -0.2) is 52.2 Å². The largest absolute Gasteiger partial charge is 0.383 e. The Hall–Kier alpha value is -3.43. The molecule has 0 saturated carbocycles. The van der Waals surface area contributed by atoms with E-state index < -0.39 is 0 Å². The van der Waals surface area contributed by atoms with Crippen molar-refractivity contribution in [2.75, 3.05) is 26.0 Å². The Kier molecular flexibility index (Phi) is 7.67. The first-order valence-electron chi connectivity index (χ1n) is 11.4. The molecule has 4 aromatic rings. The quantitative estimate of drug-likeness (QED) is 0.198. The van der Waals surface area contributed by atoms with Crippen LogP contribution in [-0.2, 0) is 11.3 Å². The first-order valence-corrected chi connectivity index (χ1v) is 12.4. The molecule has 0 radical (unpaired) electrons. The smallest absolute Gasteiger partial charge is 0.262 e. The zero-order valence-electron chi connectivity index (χ0n) is 20.0. The van der Waals surface area contributed by atoms with Gasteiger partial charge in [0.25, 0.3) is 11.5 Å². The van der Waals surface area contributed by atoms with Crippen molar-refractivity contribution in [1.29, 1.82) is 0 Å². The van der Waals surface area contributed by atoms with Crippen molar-refractivity contribution in [1.82, 2.24) is 19.9 Å². The van der Waals surface area contributed by atoms with Gasteiger partial charge in [-0.3, -0.25) is 19.0 Å². The van der Waals surface area contributed by atoms with Gasteiger partial charge in [-0.1, -0.05) is 43.8 Å². The molecule has 2 N–H and O–H groups in total. The number of aromatic nitrogens is 3. The molecule has 0 aliphatic carbocycles. The average molecular weight is 493 g/mol. The van der Waals surface area contributed by atoms with Crippen LogP contribution in [0, 0.1) is 5.92 Å². The van der Waals surface area contributed by atoms with Crippen LogP contribution in [0.5, 0.6) is 0 Å². The fraction of sp³-hybridized carbons (Fsp3) is 0.308. The molecular formula is C26H28N4O4S. The number of nitrogens with zero attached hydrogens (tertiary/aromatic N) is 2. The summed E-state index contributed by atoms with van der Waals surface area (Å²) in [5.74, 6) is 0.154. The number of amides is 1. The summed E-state index contributed by atoms with van der Waals surface area (Å²) in [5, 5.41) is 4.56. The fourth-order valence-corrected chi connectivity index (χ4v) is 4.65. The topological polar surface area (TPSA) is 106 Å². The van der Waals surface area contributed by atoms with Gasteiger partial charge < -0.3 is 15.0 Å². The van der Waals surface area contributed by atoms with E-state index in [1.54, 1.807) is 31.5 Å². The van der Waals surface area contributed by atoms with Gasteiger partial charge in [0.05, 0.1) is 29.8 Å². The molecule has 0 fully saturated rings. The van der Waals surface area contributed by atoms with Gasteiger partial charge in [-0.05, 0) is 30.2 Å². The molecule has 0 unspecified atom stereocenters.